The molecule has 194 valence electrons. The summed E-state index contributed by atoms with van der Waals surface area (Å²) in [5.41, 5.74) is 1.20. The predicted molar refractivity (Wildman–Crippen MR) is 145 cm³/mol. The van der Waals surface area contributed by atoms with E-state index in [1.165, 1.54) is 0 Å². The van der Waals surface area contributed by atoms with Gasteiger partial charge in [0.1, 0.15) is 5.54 Å². The van der Waals surface area contributed by atoms with Crippen LogP contribution in [0.15, 0.2) is 65.7 Å². The molecule has 1 N–H and O–H groups in total. The van der Waals surface area contributed by atoms with Gasteiger partial charge in [-0.05, 0) is 54.0 Å². The first-order valence-corrected chi connectivity index (χ1v) is 13.3. The number of halogens is 1. The van der Waals surface area contributed by atoms with Gasteiger partial charge in [0.2, 0.25) is 0 Å². The average Bonchev–Trinajstić information content (AvgIpc) is 3.19. The van der Waals surface area contributed by atoms with Crippen molar-refractivity contribution in [1.82, 2.24) is 19.9 Å². The molecular weight excluding hydrogens is 532 g/mol. The highest BCUT2D eigenvalue weighted by Crippen LogP contribution is 2.53. The third-order valence-electron chi connectivity index (χ3n) is 7.02. The summed E-state index contributed by atoms with van der Waals surface area (Å²) in [6, 6.07) is 10.4. The van der Waals surface area contributed by atoms with E-state index >= 15 is 0 Å². The number of carbonyl (C=O) groups is 2. The van der Waals surface area contributed by atoms with Crippen molar-refractivity contribution in [1.29, 1.82) is 0 Å². The van der Waals surface area contributed by atoms with E-state index in [1.807, 2.05) is 38.1 Å². The summed E-state index contributed by atoms with van der Waals surface area (Å²) in [6.45, 7) is 10.3. The topological polar surface area (TPSA) is 96.3 Å². The highest BCUT2D eigenvalue weighted by Gasteiger charge is 2.60. The van der Waals surface area contributed by atoms with Gasteiger partial charge in [-0.15, -0.1) is 0 Å². The van der Waals surface area contributed by atoms with E-state index in [4.69, 9.17) is 0 Å². The average molecular weight is 566 g/mol. The van der Waals surface area contributed by atoms with Crippen molar-refractivity contribution in [3.05, 3.63) is 88.2 Å². The van der Waals surface area contributed by atoms with E-state index in [2.05, 4.69) is 51.7 Å². The summed E-state index contributed by atoms with van der Waals surface area (Å²) in [6.07, 6.45) is 7.03. The molecule has 1 aliphatic rings. The van der Waals surface area contributed by atoms with Gasteiger partial charge < -0.3 is 10.0 Å². The number of carboxylic acid groups (broad SMARTS) is 1. The fourth-order valence-corrected chi connectivity index (χ4v) is 6.50. The molecule has 37 heavy (non-hydrogen) atoms. The molecule has 1 aromatic carbocycles. The molecule has 0 aliphatic carbocycles. The molecule has 1 fully saturated rings. The number of aromatic nitrogens is 3. The van der Waals surface area contributed by atoms with Crippen LogP contribution in [0.4, 0.5) is 0 Å². The Morgan fingerprint density at radius 3 is 2.38 bits per heavy atom. The fourth-order valence-electron chi connectivity index (χ4n) is 5.53. The lowest BCUT2D eigenvalue weighted by molar-refractivity contribution is -0.150. The largest absolute Gasteiger partial charge is 0.479 e. The third kappa shape index (κ3) is 5.17. The number of hydrogen-bond donors (Lipinski definition) is 1. The van der Waals surface area contributed by atoms with Gasteiger partial charge in [0, 0.05) is 40.7 Å². The maximum absolute atomic E-state index is 14.4. The Bertz CT molecular complexity index is 1280. The Hall–Kier alpha value is -3.13. The SMILES string of the molecule is CC(C)C[C@@]1(C(=O)O)C[C@H](c2cnccn2)[C@H](c2ccccn2)N1C(=O)c1ccc(C(C)(C)C)c(Br)c1. The smallest absolute Gasteiger partial charge is 0.329 e. The lowest BCUT2D eigenvalue weighted by Crippen LogP contribution is -2.54. The van der Waals surface area contributed by atoms with Crippen molar-refractivity contribution in [3.8, 4) is 0 Å². The minimum atomic E-state index is -1.44. The number of carboxylic acids is 1. The highest BCUT2D eigenvalue weighted by molar-refractivity contribution is 9.10. The summed E-state index contributed by atoms with van der Waals surface area (Å²) < 4.78 is 0.815. The molecule has 0 radical (unpaired) electrons. The number of amides is 1. The number of hydrogen-bond acceptors (Lipinski definition) is 5. The third-order valence-corrected chi connectivity index (χ3v) is 7.67. The van der Waals surface area contributed by atoms with Crippen LogP contribution in [0.3, 0.4) is 0 Å². The van der Waals surface area contributed by atoms with E-state index < -0.39 is 17.6 Å². The summed E-state index contributed by atoms with van der Waals surface area (Å²) >= 11 is 3.65. The molecule has 8 heteroatoms. The van der Waals surface area contributed by atoms with Crippen LogP contribution >= 0.6 is 15.9 Å². The monoisotopic (exact) mass is 564 g/mol. The van der Waals surface area contributed by atoms with Crippen LogP contribution < -0.4 is 0 Å². The maximum atomic E-state index is 14.4. The van der Waals surface area contributed by atoms with Gasteiger partial charge in [0.05, 0.1) is 17.4 Å². The van der Waals surface area contributed by atoms with E-state index in [-0.39, 0.29) is 29.6 Å². The summed E-state index contributed by atoms with van der Waals surface area (Å²) in [5, 5.41) is 10.8. The zero-order valence-corrected chi connectivity index (χ0v) is 23.4. The first-order valence-electron chi connectivity index (χ1n) is 12.5. The van der Waals surface area contributed by atoms with E-state index in [0.29, 0.717) is 23.4 Å². The van der Waals surface area contributed by atoms with Gasteiger partial charge in [-0.3, -0.25) is 19.7 Å². The van der Waals surface area contributed by atoms with Crippen molar-refractivity contribution in [2.45, 2.75) is 70.4 Å². The second-order valence-electron chi connectivity index (χ2n) is 11.2. The van der Waals surface area contributed by atoms with E-state index in [0.717, 1.165) is 10.0 Å². The number of aliphatic carboxylic acids is 1. The zero-order valence-electron chi connectivity index (χ0n) is 21.9. The molecular formula is C29H33BrN4O3. The molecule has 1 saturated heterocycles. The van der Waals surface area contributed by atoms with Gasteiger partial charge in [-0.1, -0.05) is 62.7 Å². The van der Waals surface area contributed by atoms with Gasteiger partial charge >= 0.3 is 5.97 Å². The first kappa shape index (κ1) is 26.9. The molecule has 1 amide bonds. The second-order valence-corrected chi connectivity index (χ2v) is 12.0. The summed E-state index contributed by atoms with van der Waals surface area (Å²) in [5.74, 6) is -1.72. The molecule has 3 aromatic rings. The van der Waals surface area contributed by atoms with Crippen LogP contribution in [0.5, 0.6) is 0 Å². The van der Waals surface area contributed by atoms with Crippen molar-refractivity contribution in [3.63, 3.8) is 0 Å². The van der Waals surface area contributed by atoms with Gasteiger partial charge in [0.25, 0.3) is 5.91 Å². The zero-order chi connectivity index (χ0) is 27.0. The van der Waals surface area contributed by atoms with Gasteiger partial charge in [-0.2, -0.15) is 0 Å². The molecule has 4 rings (SSSR count). The molecule has 0 spiro atoms. The Morgan fingerprint density at radius 1 is 1.11 bits per heavy atom. The van der Waals surface area contributed by atoms with Crippen LogP contribution in [0.25, 0.3) is 0 Å². The van der Waals surface area contributed by atoms with Crippen molar-refractivity contribution >= 4 is 27.8 Å². The first-order chi connectivity index (χ1) is 17.5. The number of likely N-dealkylation sites (tertiary alicyclic amines) is 1. The number of rotatable bonds is 6. The minimum Gasteiger partial charge on any atom is -0.479 e. The standard InChI is InChI=1S/C29H33BrN4O3/c1-18(2)15-29(27(36)37)16-20(24-17-31-12-13-33-24)25(23-8-6-7-11-32-23)34(29)26(35)19-9-10-21(22(30)14-19)28(3,4)5/h6-14,17-18,20,25H,15-16H2,1-5H3,(H,36,37)/t20-,25-,29+/m1/s1. The lowest BCUT2D eigenvalue weighted by atomic mass is 9.82. The quantitative estimate of drug-likeness (QED) is 0.384. The Morgan fingerprint density at radius 2 is 1.84 bits per heavy atom. The van der Waals surface area contributed by atoms with Crippen LogP contribution in [-0.4, -0.2) is 42.4 Å². The normalized spacial score (nSPS) is 21.9. The predicted octanol–water partition coefficient (Wildman–Crippen LogP) is 6.17. The molecule has 3 atom stereocenters. The fraction of sp³-hybridized carbons (Fsp3) is 0.414. The molecule has 0 saturated carbocycles. The highest BCUT2D eigenvalue weighted by atomic mass is 79.9. The van der Waals surface area contributed by atoms with E-state index in [1.54, 1.807) is 41.8 Å². The Labute approximate surface area is 226 Å². The molecule has 0 unspecified atom stereocenters. The molecule has 1 aliphatic heterocycles. The van der Waals surface area contributed by atoms with Crippen LogP contribution in [0.1, 0.15) is 86.7 Å². The van der Waals surface area contributed by atoms with Crippen molar-refractivity contribution in [2.24, 2.45) is 5.92 Å². The van der Waals surface area contributed by atoms with E-state index in [9.17, 15) is 14.7 Å². The molecule has 7 nitrogen and oxygen atoms in total. The Balaban J connectivity index is 1.94. The number of nitrogens with zero attached hydrogens (tertiary/aromatic N) is 4. The van der Waals surface area contributed by atoms with Crippen LogP contribution in [0.2, 0.25) is 0 Å². The lowest BCUT2D eigenvalue weighted by Gasteiger charge is -2.39. The van der Waals surface area contributed by atoms with Crippen LogP contribution in [0, 0.1) is 5.92 Å². The summed E-state index contributed by atoms with van der Waals surface area (Å²) in [4.78, 5) is 42.5. The van der Waals surface area contributed by atoms with Gasteiger partial charge in [-0.25, -0.2) is 4.79 Å². The maximum Gasteiger partial charge on any atom is 0.329 e. The number of pyridine rings is 1. The minimum absolute atomic E-state index is 0.0337. The van der Waals surface area contributed by atoms with Crippen molar-refractivity contribution < 1.29 is 14.7 Å². The number of benzene rings is 1. The molecule has 0 bridgehead atoms. The van der Waals surface area contributed by atoms with Crippen molar-refractivity contribution in [2.75, 3.05) is 0 Å². The number of carbonyl (C=O) groups excluding carboxylic acids is 1. The van der Waals surface area contributed by atoms with Crippen LogP contribution in [-0.2, 0) is 10.2 Å². The molecule has 3 heterocycles. The summed E-state index contributed by atoms with van der Waals surface area (Å²) in [7, 11) is 0. The molecule has 2 aromatic heterocycles. The van der Waals surface area contributed by atoms with Gasteiger partial charge in [0.15, 0.2) is 0 Å². The second kappa shape index (κ2) is 10.3. The Kier molecular flexibility index (Phi) is 7.51.